The van der Waals surface area contributed by atoms with Crippen molar-refractivity contribution in [2.24, 2.45) is 5.73 Å². The van der Waals surface area contributed by atoms with Gasteiger partial charge < -0.3 is 20.7 Å². The molecule has 2 amide bonds. The number of carbonyl (C=O) groups excluding carboxylic acids is 1. The number of amides is 2. The van der Waals surface area contributed by atoms with Crippen molar-refractivity contribution >= 4 is 11.7 Å². The molecule has 6 heteroatoms. The van der Waals surface area contributed by atoms with Gasteiger partial charge in [-0.15, -0.1) is 0 Å². The first-order chi connectivity index (χ1) is 8.70. The second-order valence-electron chi connectivity index (χ2n) is 4.09. The van der Waals surface area contributed by atoms with Crippen molar-refractivity contribution < 1.29 is 13.9 Å². The molecule has 2 rings (SSSR count). The number of carbonyl (C=O) groups is 1. The minimum absolute atomic E-state index is 0.112. The Balaban J connectivity index is 2.00. The molecule has 0 bridgehead atoms. The number of nitrogens with zero attached hydrogens (tertiary/aromatic N) is 1. The summed E-state index contributed by atoms with van der Waals surface area (Å²) in [7, 11) is 0. The van der Waals surface area contributed by atoms with Crippen LogP contribution in [0.4, 0.5) is 14.9 Å². The number of ether oxygens (including phenoxy) is 1. The summed E-state index contributed by atoms with van der Waals surface area (Å²) >= 11 is 0. The topological polar surface area (TPSA) is 67.6 Å². The molecule has 1 unspecified atom stereocenters. The Morgan fingerprint density at radius 3 is 2.89 bits per heavy atom. The number of hydrogen-bond acceptors (Lipinski definition) is 3. The highest BCUT2D eigenvalue weighted by Gasteiger charge is 2.26. The Hall–Kier alpha value is -1.66. The minimum Gasteiger partial charge on any atom is -0.377 e. The van der Waals surface area contributed by atoms with E-state index < -0.39 is 0 Å². The third-order valence-corrected chi connectivity index (χ3v) is 2.86. The number of benzene rings is 1. The molecule has 0 saturated carbocycles. The van der Waals surface area contributed by atoms with Crippen molar-refractivity contribution in [2.75, 3.05) is 31.6 Å². The Bertz CT molecular complexity index is 410. The third kappa shape index (κ3) is 2.96. The van der Waals surface area contributed by atoms with Crippen LogP contribution in [0, 0.1) is 5.82 Å². The van der Waals surface area contributed by atoms with Crippen LogP contribution in [0.5, 0.6) is 0 Å². The number of hydrogen-bond donors (Lipinski definition) is 2. The molecule has 98 valence electrons. The standard InChI is InChI=1S/C12H16FN3O2/c13-9-1-3-10(4-2-9)15-12(17)16-5-6-18-8-11(16)7-14/h1-4,11H,5-8,14H2,(H,15,17). The zero-order valence-electron chi connectivity index (χ0n) is 9.93. The normalized spacial score (nSPS) is 19.7. The van der Waals surface area contributed by atoms with Gasteiger partial charge in [0.25, 0.3) is 0 Å². The van der Waals surface area contributed by atoms with Crippen molar-refractivity contribution in [1.82, 2.24) is 4.90 Å². The number of urea groups is 1. The lowest BCUT2D eigenvalue weighted by Crippen LogP contribution is -2.53. The molecule has 1 aromatic rings. The molecule has 0 aliphatic carbocycles. The van der Waals surface area contributed by atoms with Crippen LogP contribution in [0.1, 0.15) is 0 Å². The molecule has 0 aromatic heterocycles. The fourth-order valence-electron chi connectivity index (χ4n) is 1.85. The Morgan fingerprint density at radius 1 is 1.50 bits per heavy atom. The summed E-state index contributed by atoms with van der Waals surface area (Å²) in [6.07, 6.45) is 0. The van der Waals surface area contributed by atoms with E-state index in [0.717, 1.165) is 0 Å². The summed E-state index contributed by atoms with van der Waals surface area (Å²) in [6.45, 7) is 1.83. The van der Waals surface area contributed by atoms with Crippen molar-refractivity contribution in [2.45, 2.75) is 6.04 Å². The van der Waals surface area contributed by atoms with Gasteiger partial charge in [0, 0.05) is 18.8 Å². The van der Waals surface area contributed by atoms with Crippen LogP contribution < -0.4 is 11.1 Å². The molecule has 1 aliphatic rings. The van der Waals surface area contributed by atoms with Gasteiger partial charge in [-0.3, -0.25) is 0 Å². The first kappa shape index (κ1) is 12.8. The summed E-state index contributed by atoms with van der Waals surface area (Å²) in [5, 5.41) is 2.71. The fraction of sp³-hybridized carbons (Fsp3) is 0.417. The van der Waals surface area contributed by atoms with Gasteiger partial charge in [0.1, 0.15) is 5.82 Å². The highest BCUT2D eigenvalue weighted by molar-refractivity contribution is 5.89. The lowest BCUT2D eigenvalue weighted by Gasteiger charge is -2.34. The lowest BCUT2D eigenvalue weighted by atomic mass is 10.2. The molecule has 1 aromatic carbocycles. The monoisotopic (exact) mass is 253 g/mol. The lowest BCUT2D eigenvalue weighted by molar-refractivity contribution is 0.0188. The van der Waals surface area contributed by atoms with Gasteiger partial charge in [-0.05, 0) is 24.3 Å². The molecule has 18 heavy (non-hydrogen) atoms. The Labute approximate surface area is 105 Å². The van der Waals surface area contributed by atoms with Gasteiger partial charge in [-0.2, -0.15) is 0 Å². The van der Waals surface area contributed by atoms with E-state index in [-0.39, 0.29) is 17.9 Å². The number of morpholine rings is 1. The van der Waals surface area contributed by atoms with Crippen molar-refractivity contribution in [3.05, 3.63) is 30.1 Å². The highest BCUT2D eigenvalue weighted by atomic mass is 19.1. The first-order valence-electron chi connectivity index (χ1n) is 5.81. The predicted molar refractivity (Wildman–Crippen MR) is 65.8 cm³/mol. The largest absolute Gasteiger partial charge is 0.377 e. The Morgan fingerprint density at radius 2 is 2.22 bits per heavy atom. The number of nitrogens with one attached hydrogen (secondary N) is 1. The molecule has 5 nitrogen and oxygen atoms in total. The molecule has 1 fully saturated rings. The maximum Gasteiger partial charge on any atom is 0.322 e. The quantitative estimate of drug-likeness (QED) is 0.826. The van der Waals surface area contributed by atoms with Crippen LogP contribution in [-0.2, 0) is 4.74 Å². The maximum atomic E-state index is 12.7. The van der Waals surface area contributed by atoms with E-state index in [4.69, 9.17) is 10.5 Å². The third-order valence-electron chi connectivity index (χ3n) is 2.86. The highest BCUT2D eigenvalue weighted by Crippen LogP contribution is 2.12. The molecule has 1 saturated heterocycles. The van der Waals surface area contributed by atoms with E-state index in [1.54, 1.807) is 4.90 Å². The molecule has 3 N–H and O–H groups in total. The summed E-state index contributed by atoms with van der Waals surface area (Å²) in [5.41, 5.74) is 6.15. The second-order valence-corrected chi connectivity index (χ2v) is 4.09. The van der Waals surface area contributed by atoms with Crippen molar-refractivity contribution in [3.63, 3.8) is 0 Å². The van der Waals surface area contributed by atoms with E-state index in [0.29, 0.717) is 32.0 Å². The van der Waals surface area contributed by atoms with Crippen molar-refractivity contribution in [3.8, 4) is 0 Å². The van der Waals surface area contributed by atoms with Crippen LogP contribution in [-0.4, -0.2) is 43.3 Å². The van der Waals surface area contributed by atoms with Gasteiger partial charge in [-0.1, -0.05) is 0 Å². The second kappa shape index (κ2) is 5.79. The molecule has 0 spiro atoms. The minimum atomic E-state index is -0.334. The van der Waals surface area contributed by atoms with E-state index in [1.165, 1.54) is 24.3 Å². The summed E-state index contributed by atoms with van der Waals surface area (Å²) in [5.74, 6) is -0.334. The average molecular weight is 253 g/mol. The molecule has 1 heterocycles. The number of nitrogens with two attached hydrogens (primary N) is 1. The Kier molecular flexibility index (Phi) is 4.11. The summed E-state index contributed by atoms with van der Waals surface area (Å²) in [4.78, 5) is 13.7. The maximum absolute atomic E-state index is 12.7. The number of rotatable bonds is 2. The SMILES string of the molecule is NCC1COCCN1C(=O)Nc1ccc(F)cc1. The van der Waals surface area contributed by atoms with Gasteiger partial charge in [0.05, 0.1) is 19.3 Å². The van der Waals surface area contributed by atoms with E-state index >= 15 is 0 Å². The fourth-order valence-corrected chi connectivity index (χ4v) is 1.85. The van der Waals surface area contributed by atoms with Gasteiger partial charge in [0.2, 0.25) is 0 Å². The number of anilines is 1. The van der Waals surface area contributed by atoms with Crippen LogP contribution in [0.25, 0.3) is 0 Å². The molecule has 0 radical (unpaired) electrons. The van der Waals surface area contributed by atoms with Crippen molar-refractivity contribution in [1.29, 1.82) is 0 Å². The molecule has 1 aliphatic heterocycles. The van der Waals surface area contributed by atoms with Gasteiger partial charge >= 0.3 is 6.03 Å². The smallest absolute Gasteiger partial charge is 0.322 e. The van der Waals surface area contributed by atoms with Gasteiger partial charge in [0.15, 0.2) is 0 Å². The molecular weight excluding hydrogens is 237 g/mol. The van der Waals surface area contributed by atoms with Crippen LogP contribution in [0.3, 0.4) is 0 Å². The van der Waals surface area contributed by atoms with Gasteiger partial charge in [-0.25, -0.2) is 9.18 Å². The zero-order chi connectivity index (χ0) is 13.0. The predicted octanol–water partition coefficient (Wildman–Crippen LogP) is 1.02. The summed E-state index contributed by atoms with van der Waals surface area (Å²) < 4.78 is 18.0. The zero-order valence-corrected chi connectivity index (χ0v) is 9.93. The molecule has 1 atom stereocenters. The first-order valence-corrected chi connectivity index (χ1v) is 5.81. The average Bonchev–Trinajstić information content (AvgIpc) is 2.41. The molecular formula is C12H16FN3O2. The van der Waals surface area contributed by atoms with E-state index in [9.17, 15) is 9.18 Å². The number of halogens is 1. The van der Waals surface area contributed by atoms with Crippen LogP contribution in [0.2, 0.25) is 0 Å². The van der Waals surface area contributed by atoms with E-state index in [1.807, 2.05) is 0 Å². The summed E-state index contributed by atoms with van der Waals surface area (Å²) in [6, 6.07) is 5.29. The van der Waals surface area contributed by atoms with Crippen LogP contribution in [0.15, 0.2) is 24.3 Å². The van der Waals surface area contributed by atoms with Crippen LogP contribution >= 0.6 is 0 Å². The van der Waals surface area contributed by atoms with E-state index in [2.05, 4.69) is 5.32 Å².